The maximum absolute atomic E-state index is 12.9. The number of epoxide rings is 2. The van der Waals surface area contributed by atoms with Crippen LogP contribution in [0.5, 0.6) is 0 Å². The number of carbonyl (C=O) groups is 2. The Balaban J connectivity index is 1.13. The molecule has 1 N–H and O–H groups in total. The molecule has 3 fully saturated rings. The number of hydrogen-bond donors (Lipinski definition) is 1. The van der Waals surface area contributed by atoms with Crippen molar-refractivity contribution in [2.75, 3.05) is 33.5 Å². The smallest absolute Gasteiger partial charge is 0.306 e. The first-order chi connectivity index (χ1) is 26.7. The highest BCUT2D eigenvalue weighted by Gasteiger charge is 2.72. The van der Waals surface area contributed by atoms with Crippen LogP contribution in [0.4, 0.5) is 0 Å². The first-order valence-electron chi connectivity index (χ1n) is 22.7. The molecule has 2 heterocycles. The summed E-state index contributed by atoms with van der Waals surface area (Å²) in [6.45, 7) is 10.0. The van der Waals surface area contributed by atoms with Crippen LogP contribution in [0.1, 0.15) is 195 Å². The van der Waals surface area contributed by atoms with E-state index in [1.165, 1.54) is 89.0 Å². The zero-order valence-corrected chi connectivity index (χ0v) is 35.9. The monoisotopic (exact) mass is 779 g/mol. The summed E-state index contributed by atoms with van der Waals surface area (Å²) in [4.78, 5) is 25.2. The summed E-state index contributed by atoms with van der Waals surface area (Å²) >= 11 is 0. The summed E-state index contributed by atoms with van der Waals surface area (Å²) in [5.74, 6) is -0.413. The molecule has 1 saturated carbocycles. The molecule has 2 saturated heterocycles. The molecule has 320 valence electrons. The van der Waals surface area contributed by atoms with Gasteiger partial charge in [0.1, 0.15) is 29.5 Å². The molecule has 1 aliphatic carbocycles. The number of ether oxygens (including phenoxy) is 6. The van der Waals surface area contributed by atoms with Crippen molar-refractivity contribution in [3.63, 3.8) is 0 Å². The van der Waals surface area contributed by atoms with E-state index in [4.69, 9.17) is 28.4 Å². The van der Waals surface area contributed by atoms with E-state index in [0.29, 0.717) is 26.1 Å². The predicted octanol–water partition coefficient (Wildman–Crippen LogP) is 10.5. The largest absolute Gasteiger partial charge is 0.460 e. The molecule has 9 heteroatoms. The standard InChI is InChI=1S/C46H82O9/c1-6-7-8-9-10-11-12-13-14-15-16-17-20-23-26-33-51-35-38(34-47)53-41(48)27-24-21-18-19-22-25-28-42(49)54-39-31-32-46(36-52-46)44(43(39)50-5)45(4)40(55-45)30-29-37(2)3/h29,38-40,43-44,47H,6-28,30-36H2,1-5H3/t38-,39+,40?,43+,44+,45-,46-/m0/s1. The van der Waals surface area contributed by atoms with Crippen LogP contribution in [-0.4, -0.2) is 86.2 Å². The molecular weight excluding hydrogens is 696 g/mol. The summed E-state index contributed by atoms with van der Waals surface area (Å²) in [5, 5.41) is 9.66. The Labute approximate surface area is 335 Å². The zero-order chi connectivity index (χ0) is 39.8. The minimum atomic E-state index is -0.597. The second-order valence-electron chi connectivity index (χ2n) is 17.3. The number of hydrogen-bond acceptors (Lipinski definition) is 9. The summed E-state index contributed by atoms with van der Waals surface area (Å²) in [7, 11) is 1.71. The Kier molecular flexibility index (Phi) is 23.7. The van der Waals surface area contributed by atoms with Gasteiger partial charge in [-0.05, 0) is 59.3 Å². The molecule has 1 spiro atoms. The highest BCUT2D eigenvalue weighted by molar-refractivity contribution is 5.70. The van der Waals surface area contributed by atoms with Gasteiger partial charge in [0.05, 0.1) is 31.8 Å². The Bertz CT molecular complexity index is 1070. The fraction of sp³-hybridized carbons (Fsp3) is 0.913. The van der Waals surface area contributed by atoms with E-state index in [1.54, 1.807) is 7.11 Å². The lowest BCUT2D eigenvalue weighted by Crippen LogP contribution is -2.55. The van der Waals surface area contributed by atoms with Gasteiger partial charge in [-0.2, -0.15) is 0 Å². The number of carbonyl (C=O) groups excluding carboxylic acids is 2. The van der Waals surface area contributed by atoms with Crippen molar-refractivity contribution in [1.29, 1.82) is 0 Å². The molecule has 55 heavy (non-hydrogen) atoms. The van der Waals surface area contributed by atoms with Crippen molar-refractivity contribution in [1.82, 2.24) is 0 Å². The van der Waals surface area contributed by atoms with Gasteiger partial charge in [-0.15, -0.1) is 0 Å². The molecule has 3 aliphatic rings. The Morgan fingerprint density at radius 3 is 1.84 bits per heavy atom. The van der Waals surface area contributed by atoms with Crippen LogP contribution < -0.4 is 0 Å². The lowest BCUT2D eigenvalue weighted by Gasteiger charge is -2.42. The van der Waals surface area contributed by atoms with E-state index >= 15 is 0 Å². The molecule has 0 bridgehead atoms. The van der Waals surface area contributed by atoms with Gasteiger partial charge in [0.25, 0.3) is 0 Å². The van der Waals surface area contributed by atoms with E-state index < -0.39 is 6.10 Å². The van der Waals surface area contributed by atoms with Crippen LogP contribution in [0.2, 0.25) is 0 Å². The minimum Gasteiger partial charge on any atom is -0.460 e. The van der Waals surface area contributed by atoms with Crippen molar-refractivity contribution in [2.24, 2.45) is 5.92 Å². The highest BCUT2D eigenvalue weighted by Crippen LogP contribution is 2.59. The maximum Gasteiger partial charge on any atom is 0.306 e. The van der Waals surface area contributed by atoms with Crippen molar-refractivity contribution < 1.29 is 43.1 Å². The SMILES string of the molecule is CCCCCCCCCCCCCCCCCOC[C@H](CO)OC(=O)CCCCCCCCC(=O)O[C@@H]1CC[C@]2(CO2)[C@@H]([C@@]2(C)OC2CC=C(C)C)[C@@H]1OC. The molecule has 2 aliphatic heterocycles. The fourth-order valence-electron chi connectivity index (χ4n) is 8.70. The van der Waals surface area contributed by atoms with E-state index in [2.05, 4.69) is 33.8 Å². The summed E-state index contributed by atoms with van der Waals surface area (Å²) in [6.07, 6.45) is 29.8. The predicted molar refractivity (Wildman–Crippen MR) is 219 cm³/mol. The fourth-order valence-corrected chi connectivity index (χ4v) is 8.70. The maximum atomic E-state index is 12.9. The van der Waals surface area contributed by atoms with E-state index in [0.717, 1.165) is 70.6 Å². The Morgan fingerprint density at radius 1 is 0.800 bits per heavy atom. The number of methoxy groups -OCH3 is 1. The Hall–Kier alpha value is -1.52. The van der Waals surface area contributed by atoms with Crippen LogP contribution in [0, 0.1) is 5.92 Å². The molecule has 0 aromatic carbocycles. The van der Waals surface area contributed by atoms with Crippen molar-refractivity contribution in [2.45, 2.75) is 230 Å². The lowest BCUT2D eigenvalue weighted by molar-refractivity contribution is -0.172. The number of aliphatic hydroxyl groups excluding tert-OH is 1. The molecule has 1 unspecified atom stereocenters. The Morgan fingerprint density at radius 2 is 1.33 bits per heavy atom. The molecule has 3 rings (SSSR count). The average molecular weight is 779 g/mol. The molecule has 0 aromatic heterocycles. The van der Waals surface area contributed by atoms with Gasteiger partial charge in [-0.25, -0.2) is 0 Å². The van der Waals surface area contributed by atoms with Crippen LogP contribution in [0.3, 0.4) is 0 Å². The van der Waals surface area contributed by atoms with Crippen molar-refractivity contribution in [3.05, 3.63) is 11.6 Å². The molecule has 0 amide bonds. The molecular formula is C46H82O9. The molecule has 7 atom stereocenters. The molecule has 0 aromatic rings. The van der Waals surface area contributed by atoms with Gasteiger partial charge in [-0.3, -0.25) is 9.59 Å². The average Bonchev–Trinajstić information content (AvgIpc) is 4.09. The molecule has 9 nitrogen and oxygen atoms in total. The number of unbranched alkanes of at least 4 members (excludes halogenated alkanes) is 19. The second kappa shape index (κ2) is 27.2. The first kappa shape index (κ1) is 47.9. The third kappa shape index (κ3) is 18.3. The van der Waals surface area contributed by atoms with E-state index in [1.807, 2.05) is 0 Å². The van der Waals surface area contributed by atoms with Crippen LogP contribution >= 0.6 is 0 Å². The van der Waals surface area contributed by atoms with E-state index in [9.17, 15) is 14.7 Å². The quantitative estimate of drug-likeness (QED) is 0.0295. The summed E-state index contributed by atoms with van der Waals surface area (Å²) in [5.41, 5.74) is 0.711. The third-order valence-corrected chi connectivity index (χ3v) is 12.2. The number of allylic oxidation sites excluding steroid dienone is 1. The normalized spacial score (nSPS) is 26.1. The van der Waals surface area contributed by atoms with Crippen molar-refractivity contribution in [3.8, 4) is 0 Å². The third-order valence-electron chi connectivity index (χ3n) is 12.2. The summed E-state index contributed by atoms with van der Waals surface area (Å²) < 4.78 is 35.5. The van der Waals surface area contributed by atoms with Crippen LogP contribution in [-0.2, 0) is 38.0 Å². The van der Waals surface area contributed by atoms with Gasteiger partial charge in [0.15, 0.2) is 0 Å². The van der Waals surface area contributed by atoms with Gasteiger partial charge in [0, 0.05) is 26.6 Å². The van der Waals surface area contributed by atoms with Gasteiger partial charge in [-0.1, -0.05) is 134 Å². The number of rotatable bonds is 34. The van der Waals surface area contributed by atoms with Gasteiger partial charge in [0.2, 0.25) is 0 Å². The zero-order valence-electron chi connectivity index (χ0n) is 35.9. The van der Waals surface area contributed by atoms with Gasteiger partial charge >= 0.3 is 11.9 Å². The topological polar surface area (TPSA) is 116 Å². The second-order valence-corrected chi connectivity index (χ2v) is 17.3. The van der Waals surface area contributed by atoms with Gasteiger partial charge < -0.3 is 33.5 Å². The van der Waals surface area contributed by atoms with E-state index in [-0.39, 0.29) is 60.6 Å². The van der Waals surface area contributed by atoms with Crippen LogP contribution in [0.25, 0.3) is 0 Å². The number of esters is 2. The minimum absolute atomic E-state index is 0.0285. The number of aliphatic hydroxyl groups is 1. The summed E-state index contributed by atoms with van der Waals surface area (Å²) in [6, 6.07) is 0. The molecule has 0 radical (unpaired) electrons. The van der Waals surface area contributed by atoms with Crippen molar-refractivity contribution >= 4 is 11.9 Å². The lowest BCUT2D eigenvalue weighted by atomic mass is 9.68. The van der Waals surface area contributed by atoms with Crippen LogP contribution in [0.15, 0.2) is 11.6 Å². The highest BCUT2D eigenvalue weighted by atomic mass is 16.6. The first-order valence-corrected chi connectivity index (χ1v) is 22.7.